The molecule has 1 fully saturated rings. The first-order chi connectivity index (χ1) is 14.5. The number of aromatic nitrogens is 2. The molecule has 2 aliphatic rings. The second kappa shape index (κ2) is 7.65. The quantitative estimate of drug-likeness (QED) is 0.621. The van der Waals surface area contributed by atoms with Gasteiger partial charge in [0.15, 0.2) is 0 Å². The Hall–Kier alpha value is -2.47. The van der Waals surface area contributed by atoms with E-state index in [4.69, 9.17) is 9.97 Å². The maximum absolute atomic E-state index is 11.7. The molecule has 0 N–H and O–H groups in total. The van der Waals surface area contributed by atoms with E-state index in [1.165, 1.54) is 39.8 Å². The number of hydrogen-bond acceptors (Lipinski definition) is 5. The molecule has 0 atom stereocenters. The average Bonchev–Trinajstić information content (AvgIpc) is 3.34. The molecule has 6 heteroatoms. The van der Waals surface area contributed by atoms with Crippen molar-refractivity contribution in [2.45, 2.75) is 52.0 Å². The van der Waals surface area contributed by atoms with Crippen LogP contribution in [0.2, 0.25) is 0 Å². The molecule has 156 valence electrons. The van der Waals surface area contributed by atoms with Crippen molar-refractivity contribution >= 4 is 33.4 Å². The van der Waals surface area contributed by atoms with Gasteiger partial charge in [-0.2, -0.15) is 0 Å². The summed E-state index contributed by atoms with van der Waals surface area (Å²) in [6, 6.07) is 9.02. The summed E-state index contributed by atoms with van der Waals surface area (Å²) < 4.78 is 0. The van der Waals surface area contributed by atoms with Crippen molar-refractivity contribution in [1.82, 2.24) is 14.9 Å². The minimum atomic E-state index is 0.140. The highest BCUT2D eigenvalue weighted by Gasteiger charge is 2.28. The Balaban J connectivity index is 1.53. The number of thiophene rings is 1. The number of anilines is 1. The van der Waals surface area contributed by atoms with Crippen LogP contribution >= 0.6 is 11.3 Å². The molecule has 1 amide bonds. The maximum atomic E-state index is 11.7. The number of nitrogens with zero attached hydrogens (tertiary/aromatic N) is 4. The van der Waals surface area contributed by atoms with Gasteiger partial charge in [-0.3, -0.25) is 4.79 Å². The summed E-state index contributed by atoms with van der Waals surface area (Å²) in [5.41, 5.74) is 4.99. The van der Waals surface area contributed by atoms with Gasteiger partial charge in [-0.05, 0) is 44.6 Å². The van der Waals surface area contributed by atoms with E-state index in [-0.39, 0.29) is 5.91 Å². The van der Waals surface area contributed by atoms with Crippen molar-refractivity contribution in [3.8, 4) is 11.3 Å². The number of carbonyl (C=O) groups is 1. The third-order valence-corrected chi connectivity index (χ3v) is 7.86. The van der Waals surface area contributed by atoms with Gasteiger partial charge in [-0.15, -0.1) is 11.3 Å². The van der Waals surface area contributed by atoms with Crippen molar-refractivity contribution in [3.63, 3.8) is 0 Å². The lowest BCUT2D eigenvalue weighted by molar-refractivity contribution is -0.129. The molecule has 0 unspecified atom stereocenters. The van der Waals surface area contributed by atoms with E-state index >= 15 is 0 Å². The molecule has 1 saturated heterocycles. The molecule has 1 aliphatic heterocycles. The van der Waals surface area contributed by atoms with Crippen LogP contribution in [0.15, 0.2) is 24.3 Å². The van der Waals surface area contributed by atoms with Crippen molar-refractivity contribution in [2.75, 3.05) is 25.0 Å². The highest BCUT2D eigenvalue weighted by Crippen LogP contribution is 2.41. The minimum absolute atomic E-state index is 0.140. The molecule has 5 nitrogen and oxygen atoms in total. The predicted octanol–water partition coefficient (Wildman–Crippen LogP) is 4.60. The molecule has 1 aliphatic carbocycles. The molecule has 0 saturated carbocycles. The summed E-state index contributed by atoms with van der Waals surface area (Å²) in [4.78, 5) is 28.7. The Morgan fingerprint density at radius 3 is 2.57 bits per heavy atom. The molecule has 0 spiro atoms. The fourth-order valence-electron chi connectivity index (χ4n) is 4.76. The van der Waals surface area contributed by atoms with Crippen LogP contribution in [0.1, 0.15) is 42.2 Å². The number of benzene rings is 1. The van der Waals surface area contributed by atoms with Crippen LogP contribution in [-0.4, -0.2) is 47.0 Å². The molecule has 1 aromatic carbocycles. The van der Waals surface area contributed by atoms with Crippen LogP contribution in [0, 0.1) is 6.92 Å². The lowest BCUT2D eigenvalue weighted by Gasteiger charge is -2.36. The van der Waals surface area contributed by atoms with Gasteiger partial charge in [0.25, 0.3) is 0 Å². The second-order valence-electron chi connectivity index (χ2n) is 8.62. The van der Waals surface area contributed by atoms with E-state index in [2.05, 4.69) is 36.1 Å². The monoisotopic (exact) mass is 420 g/mol. The fraction of sp³-hybridized carbons (Fsp3) is 0.458. The van der Waals surface area contributed by atoms with E-state index in [1.807, 2.05) is 23.3 Å². The molecular formula is C24H28N4OS. The third-order valence-electron chi connectivity index (χ3n) is 6.67. The smallest absolute Gasteiger partial charge is 0.227 e. The number of piperidine rings is 1. The molecule has 3 heterocycles. The van der Waals surface area contributed by atoms with Gasteiger partial charge >= 0.3 is 0 Å². The van der Waals surface area contributed by atoms with Crippen molar-refractivity contribution in [1.29, 1.82) is 0 Å². The lowest BCUT2D eigenvalue weighted by atomic mass is 10.0. The Bertz CT molecular complexity index is 1100. The van der Waals surface area contributed by atoms with Gasteiger partial charge in [-0.25, -0.2) is 9.97 Å². The summed E-state index contributed by atoms with van der Waals surface area (Å²) in [7, 11) is 1.91. The molecule has 2 aromatic heterocycles. The van der Waals surface area contributed by atoms with Crippen LogP contribution in [0.4, 0.5) is 5.95 Å². The van der Waals surface area contributed by atoms with Crippen LogP contribution in [-0.2, 0) is 17.6 Å². The first-order valence-corrected chi connectivity index (χ1v) is 11.7. The number of fused-ring (bicyclic) bond motifs is 3. The number of hydrogen-bond donors (Lipinski definition) is 0. The van der Waals surface area contributed by atoms with Crippen molar-refractivity contribution in [3.05, 3.63) is 40.3 Å². The van der Waals surface area contributed by atoms with Crippen LogP contribution < -0.4 is 4.90 Å². The standard InChI is InChI=1S/C24H28N4OS/c1-15-7-9-17(10-8-15)22-21-19-5-4-6-20(19)30-23(21)26-24(25-22)28-13-11-18(12-14-28)27(3)16(2)29/h7-10,18H,4-6,11-14H2,1-3H3. The molecule has 3 aromatic rings. The number of aryl methyl sites for hydroxylation is 3. The van der Waals surface area contributed by atoms with E-state index in [9.17, 15) is 4.79 Å². The summed E-state index contributed by atoms with van der Waals surface area (Å²) in [6.07, 6.45) is 5.46. The molecule has 30 heavy (non-hydrogen) atoms. The molecule has 0 radical (unpaired) electrons. The van der Waals surface area contributed by atoms with Crippen molar-refractivity contribution in [2.24, 2.45) is 0 Å². The Kier molecular flexibility index (Phi) is 4.97. The number of rotatable bonds is 3. The van der Waals surface area contributed by atoms with Gasteiger partial charge in [-0.1, -0.05) is 29.8 Å². The van der Waals surface area contributed by atoms with E-state index in [1.54, 1.807) is 6.92 Å². The summed E-state index contributed by atoms with van der Waals surface area (Å²) >= 11 is 1.86. The third kappa shape index (κ3) is 3.37. The number of carbonyl (C=O) groups excluding carboxylic acids is 1. The number of amides is 1. The average molecular weight is 421 g/mol. The minimum Gasteiger partial charge on any atom is -0.343 e. The van der Waals surface area contributed by atoms with Gasteiger partial charge in [0.05, 0.1) is 5.69 Å². The van der Waals surface area contributed by atoms with Gasteiger partial charge in [0.1, 0.15) is 4.83 Å². The Morgan fingerprint density at radius 1 is 1.13 bits per heavy atom. The highest BCUT2D eigenvalue weighted by atomic mass is 32.1. The van der Waals surface area contributed by atoms with Crippen molar-refractivity contribution < 1.29 is 4.79 Å². The lowest BCUT2D eigenvalue weighted by Crippen LogP contribution is -2.45. The molecular weight excluding hydrogens is 392 g/mol. The van der Waals surface area contributed by atoms with Crippen LogP contribution in [0.3, 0.4) is 0 Å². The summed E-state index contributed by atoms with van der Waals surface area (Å²) in [5, 5.41) is 1.27. The zero-order valence-corrected chi connectivity index (χ0v) is 18.8. The maximum Gasteiger partial charge on any atom is 0.227 e. The largest absolute Gasteiger partial charge is 0.343 e. The highest BCUT2D eigenvalue weighted by molar-refractivity contribution is 7.19. The normalized spacial score (nSPS) is 16.8. The fourth-order valence-corrected chi connectivity index (χ4v) is 6.01. The first-order valence-electron chi connectivity index (χ1n) is 10.9. The SMILES string of the molecule is CC(=O)N(C)C1CCN(c2nc(-c3ccc(C)cc3)c3c4c(sc3n2)CCC4)CC1. The van der Waals surface area contributed by atoms with Crippen LogP contribution in [0.25, 0.3) is 21.5 Å². The summed E-state index contributed by atoms with van der Waals surface area (Å²) in [5.74, 6) is 0.975. The van der Waals surface area contributed by atoms with E-state index < -0.39 is 0 Å². The molecule has 5 rings (SSSR count). The zero-order chi connectivity index (χ0) is 20.8. The zero-order valence-electron chi connectivity index (χ0n) is 17.9. The van der Waals surface area contributed by atoms with Crippen LogP contribution in [0.5, 0.6) is 0 Å². The predicted molar refractivity (Wildman–Crippen MR) is 123 cm³/mol. The van der Waals surface area contributed by atoms with Gasteiger partial charge < -0.3 is 9.80 Å². The topological polar surface area (TPSA) is 49.3 Å². The van der Waals surface area contributed by atoms with E-state index in [0.29, 0.717) is 6.04 Å². The van der Waals surface area contributed by atoms with Gasteiger partial charge in [0, 0.05) is 48.9 Å². The van der Waals surface area contributed by atoms with E-state index in [0.717, 1.165) is 48.8 Å². The Labute approximate surface area is 181 Å². The first kappa shape index (κ1) is 19.5. The Morgan fingerprint density at radius 2 is 1.87 bits per heavy atom. The van der Waals surface area contributed by atoms with Gasteiger partial charge in [0.2, 0.25) is 11.9 Å². The molecule has 0 bridgehead atoms. The summed E-state index contributed by atoms with van der Waals surface area (Å²) in [6.45, 7) is 5.53. The second-order valence-corrected chi connectivity index (χ2v) is 9.71.